The molecule has 0 bridgehead atoms. The summed E-state index contributed by atoms with van der Waals surface area (Å²) < 4.78 is 5.72. The summed E-state index contributed by atoms with van der Waals surface area (Å²) in [5.41, 5.74) is -1.01. The molecule has 0 spiro atoms. The fourth-order valence-corrected chi connectivity index (χ4v) is 6.86. The van der Waals surface area contributed by atoms with E-state index < -0.39 is 19.8 Å². The van der Waals surface area contributed by atoms with E-state index in [1.807, 2.05) is 13.8 Å². The van der Waals surface area contributed by atoms with E-state index in [9.17, 15) is 10.2 Å². The molecular weight excluding hydrogens is 200 g/mol. The Hall–Kier alpha value is 0.314. The van der Waals surface area contributed by atoms with Crippen molar-refractivity contribution in [2.24, 2.45) is 0 Å². The van der Waals surface area contributed by atoms with Crippen molar-refractivity contribution in [2.45, 2.75) is 51.2 Å². The van der Waals surface area contributed by atoms with Crippen LogP contribution in [0.3, 0.4) is 0 Å². The van der Waals surface area contributed by atoms with Crippen LogP contribution in [0.2, 0.25) is 12.1 Å². The minimum Gasteiger partial charge on any atom is -0.453 e. The third-order valence-corrected chi connectivity index (χ3v) is 8.69. The van der Waals surface area contributed by atoms with Gasteiger partial charge in [0.05, 0.1) is 11.5 Å². The molecule has 2 N–H and O–H groups in total. The summed E-state index contributed by atoms with van der Waals surface area (Å²) in [6.45, 7) is 7.47. The molecule has 0 aromatic rings. The molecule has 0 aliphatic rings. The van der Waals surface area contributed by atoms with Crippen molar-refractivity contribution < 1.29 is 14.3 Å². The van der Waals surface area contributed by atoms with Gasteiger partial charge in [-0.2, -0.15) is 0 Å². The SMILES string of the molecule is CC[Si]O[Si](CC)(C(C)O)C(C)O. The van der Waals surface area contributed by atoms with Crippen LogP contribution in [0.25, 0.3) is 0 Å². The van der Waals surface area contributed by atoms with Crippen LogP contribution in [-0.4, -0.2) is 39.7 Å². The monoisotopic (exact) mass is 220 g/mol. The van der Waals surface area contributed by atoms with Gasteiger partial charge in [0, 0.05) is 0 Å². The van der Waals surface area contributed by atoms with E-state index >= 15 is 0 Å². The molecule has 0 rings (SSSR count). The predicted octanol–water partition coefficient (Wildman–Crippen LogP) is 0.866. The molecule has 0 saturated carbocycles. The minimum atomic E-state index is -2.32. The highest BCUT2D eigenvalue weighted by Crippen LogP contribution is 2.20. The third-order valence-electron chi connectivity index (χ3n) is 2.37. The summed E-state index contributed by atoms with van der Waals surface area (Å²) in [5.74, 6) is 0. The molecule has 0 heterocycles. The number of hydrogen-bond donors (Lipinski definition) is 2. The van der Waals surface area contributed by atoms with E-state index in [4.69, 9.17) is 4.12 Å². The van der Waals surface area contributed by atoms with E-state index in [1.54, 1.807) is 13.8 Å². The van der Waals surface area contributed by atoms with Crippen LogP contribution in [0.1, 0.15) is 27.7 Å². The fraction of sp³-hybridized carbons (Fsp3) is 1.00. The first-order valence-electron chi connectivity index (χ1n) is 4.78. The summed E-state index contributed by atoms with van der Waals surface area (Å²) in [4.78, 5) is 0. The van der Waals surface area contributed by atoms with Crippen molar-refractivity contribution in [3.63, 3.8) is 0 Å². The Morgan fingerprint density at radius 3 is 1.92 bits per heavy atom. The van der Waals surface area contributed by atoms with Gasteiger partial charge in [0.15, 0.2) is 0 Å². The molecule has 3 nitrogen and oxygen atoms in total. The van der Waals surface area contributed by atoms with Crippen LogP contribution in [-0.2, 0) is 4.12 Å². The van der Waals surface area contributed by atoms with E-state index in [1.165, 1.54) is 0 Å². The van der Waals surface area contributed by atoms with Crippen molar-refractivity contribution in [3.05, 3.63) is 0 Å². The minimum absolute atomic E-state index is 0.400. The molecule has 5 heteroatoms. The number of aliphatic hydroxyl groups is 2. The van der Waals surface area contributed by atoms with Crippen LogP contribution < -0.4 is 0 Å². The first kappa shape index (κ1) is 13.3. The third kappa shape index (κ3) is 3.17. The van der Waals surface area contributed by atoms with Crippen molar-refractivity contribution in [1.29, 1.82) is 0 Å². The second-order valence-electron chi connectivity index (χ2n) is 3.26. The van der Waals surface area contributed by atoms with Gasteiger partial charge in [-0.05, 0) is 25.9 Å². The van der Waals surface area contributed by atoms with Gasteiger partial charge in [-0.15, -0.1) is 0 Å². The van der Waals surface area contributed by atoms with Gasteiger partial charge < -0.3 is 14.3 Å². The molecule has 2 radical (unpaired) electrons. The molecule has 0 fully saturated rings. The lowest BCUT2D eigenvalue weighted by Crippen LogP contribution is -2.58. The zero-order valence-electron chi connectivity index (χ0n) is 8.87. The molecule has 0 aromatic heterocycles. The zero-order valence-corrected chi connectivity index (χ0v) is 10.9. The lowest BCUT2D eigenvalue weighted by molar-refractivity contribution is 0.187. The molecule has 0 aliphatic heterocycles. The first-order chi connectivity index (χ1) is 6.01. The molecule has 0 amide bonds. The lowest BCUT2D eigenvalue weighted by Gasteiger charge is -2.35. The average Bonchev–Trinajstić information content (AvgIpc) is 2.05. The zero-order chi connectivity index (χ0) is 10.5. The summed E-state index contributed by atoms with van der Waals surface area (Å²) in [6.07, 6.45) is 0. The van der Waals surface area contributed by atoms with Crippen LogP contribution in [0, 0.1) is 0 Å². The Bertz CT molecular complexity index is 131. The standard InChI is InChI=1S/C8H20O3Si2/c1-5-12-11-13(6-2,7(3)9)8(4)10/h7-10H,5-6H2,1-4H3. The Morgan fingerprint density at radius 1 is 1.23 bits per heavy atom. The van der Waals surface area contributed by atoms with Crippen molar-refractivity contribution >= 4 is 18.1 Å². The first-order valence-corrected chi connectivity index (χ1v) is 8.16. The smallest absolute Gasteiger partial charge is 0.236 e. The van der Waals surface area contributed by atoms with Gasteiger partial charge in [-0.25, -0.2) is 0 Å². The van der Waals surface area contributed by atoms with Gasteiger partial charge in [-0.1, -0.05) is 13.8 Å². The molecule has 0 saturated heterocycles. The van der Waals surface area contributed by atoms with Gasteiger partial charge in [0.1, 0.15) is 0 Å². The Labute approximate surface area is 84.2 Å². The maximum Gasteiger partial charge on any atom is 0.236 e. The van der Waals surface area contributed by atoms with Crippen molar-refractivity contribution in [2.75, 3.05) is 0 Å². The van der Waals surface area contributed by atoms with Gasteiger partial charge in [0.25, 0.3) is 0 Å². The lowest BCUT2D eigenvalue weighted by atomic mass is 10.8. The van der Waals surface area contributed by atoms with Crippen LogP contribution in [0.15, 0.2) is 0 Å². The van der Waals surface area contributed by atoms with Gasteiger partial charge in [-0.3, -0.25) is 0 Å². The normalized spacial score (nSPS) is 20.8. The van der Waals surface area contributed by atoms with E-state index in [-0.39, 0.29) is 0 Å². The fourth-order valence-electron chi connectivity index (χ4n) is 1.39. The van der Waals surface area contributed by atoms with Crippen LogP contribution in [0.4, 0.5) is 0 Å². The summed E-state index contributed by atoms with van der Waals surface area (Å²) >= 11 is 0. The maximum atomic E-state index is 9.64. The molecule has 13 heavy (non-hydrogen) atoms. The maximum absolute atomic E-state index is 9.64. The van der Waals surface area contributed by atoms with Crippen LogP contribution >= 0.6 is 0 Å². The van der Waals surface area contributed by atoms with Gasteiger partial charge in [0.2, 0.25) is 18.1 Å². The molecule has 0 aromatic carbocycles. The number of rotatable bonds is 6. The van der Waals surface area contributed by atoms with Gasteiger partial charge >= 0.3 is 0 Å². The quantitative estimate of drug-likeness (QED) is 0.653. The highest BCUT2D eigenvalue weighted by Gasteiger charge is 2.43. The number of aliphatic hydroxyl groups excluding tert-OH is 2. The molecule has 0 aliphatic carbocycles. The Morgan fingerprint density at radius 2 is 1.69 bits per heavy atom. The molecule has 2 unspecified atom stereocenters. The highest BCUT2D eigenvalue weighted by molar-refractivity contribution is 6.79. The van der Waals surface area contributed by atoms with Crippen molar-refractivity contribution in [3.8, 4) is 0 Å². The van der Waals surface area contributed by atoms with Crippen LogP contribution in [0.5, 0.6) is 0 Å². The largest absolute Gasteiger partial charge is 0.453 e. The Balaban J connectivity index is 4.45. The highest BCUT2D eigenvalue weighted by atomic mass is 28.4. The summed E-state index contributed by atoms with van der Waals surface area (Å²) in [7, 11) is -1.92. The molecule has 2 atom stereocenters. The van der Waals surface area contributed by atoms with E-state index in [2.05, 4.69) is 0 Å². The number of hydrogen-bond acceptors (Lipinski definition) is 3. The van der Waals surface area contributed by atoms with E-state index in [0.717, 1.165) is 12.1 Å². The van der Waals surface area contributed by atoms with Crippen molar-refractivity contribution in [1.82, 2.24) is 0 Å². The van der Waals surface area contributed by atoms with E-state index in [0.29, 0.717) is 9.76 Å². The summed E-state index contributed by atoms with van der Waals surface area (Å²) in [5, 5.41) is 19.3. The Kier molecular flexibility index (Phi) is 6.07. The molecule has 78 valence electrons. The second-order valence-corrected chi connectivity index (χ2v) is 9.36. The topological polar surface area (TPSA) is 49.7 Å². The predicted molar refractivity (Wildman–Crippen MR) is 56.9 cm³/mol. The summed E-state index contributed by atoms with van der Waals surface area (Å²) in [6, 6.07) is 1.71. The second kappa shape index (κ2) is 5.92. The average molecular weight is 220 g/mol. The molecular formula is C8H20O3Si2.